The Morgan fingerprint density at radius 1 is 0.800 bits per heavy atom. The van der Waals surface area contributed by atoms with Crippen molar-refractivity contribution in [1.29, 1.82) is 0 Å². The zero-order chi connectivity index (χ0) is 7.54. The van der Waals surface area contributed by atoms with Gasteiger partial charge in [0.2, 0.25) is 0 Å². The van der Waals surface area contributed by atoms with Gasteiger partial charge in [0, 0.05) is 32.7 Å². The van der Waals surface area contributed by atoms with Gasteiger partial charge in [0.1, 0.15) is 0 Å². The van der Waals surface area contributed by atoms with Crippen molar-refractivity contribution in [3.05, 3.63) is 6.42 Å². The molecule has 1 rings (SSSR count). The van der Waals surface area contributed by atoms with Crippen LogP contribution in [-0.2, 0) is 32.7 Å². The van der Waals surface area contributed by atoms with Gasteiger partial charge in [-0.25, -0.2) is 0 Å². The minimum absolute atomic E-state index is 0. The summed E-state index contributed by atoms with van der Waals surface area (Å²) < 4.78 is 0. The Balaban J connectivity index is -0.0000000875. The van der Waals surface area contributed by atoms with Gasteiger partial charge < -0.3 is 6.42 Å². The second-order valence-corrected chi connectivity index (χ2v) is 1.57. The largest absolute Gasteiger partial charge is 0.328 e. The van der Waals surface area contributed by atoms with E-state index in [1.165, 1.54) is 25.7 Å². The molecule has 0 bridgehead atoms. The van der Waals surface area contributed by atoms with Crippen LogP contribution < -0.4 is 0 Å². The molecule has 10 heavy (non-hydrogen) atoms. The molecule has 1 aliphatic carbocycles. The molecule has 0 nitrogen and oxygen atoms in total. The van der Waals surface area contributed by atoms with E-state index in [9.17, 15) is 0 Å². The van der Waals surface area contributed by atoms with Gasteiger partial charge in [-0.1, -0.05) is 40.5 Å². The molecule has 1 radical (unpaired) electrons. The maximum atomic E-state index is 2.36. The topological polar surface area (TPSA) is 0 Å². The molecule has 0 heterocycles. The van der Waals surface area contributed by atoms with Gasteiger partial charge >= 0.3 is 0 Å². The molecule has 0 unspecified atom stereocenters. The Labute approximate surface area is 92.0 Å². The summed E-state index contributed by atoms with van der Waals surface area (Å²) in [6, 6.07) is 0. The second kappa shape index (κ2) is 22.5. The van der Waals surface area contributed by atoms with Crippen LogP contribution in [0.4, 0.5) is 0 Å². The molecule has 1 heteroatoms. The molecule has 0 saturated heterocycles. The molecule has 0 aromatic heterocycles. The number of rotatable bonds is 0. The van der Waals surface area contributed by atoms with Crippen molar-refractivity contribution in [2.45, 2.75) is 53.4 Å². The monoisotopic (exact) mass is 218 g/mol. The minimum Gasteiger partial charge on any atom is -0.328 e. The van der Waals surface area contributed by atoms with E-state index in [0.29, 0.717) is 0 Å². The minimum atomic E-state index is 0. The van der Waals surface area contributed by atoms with Crippen LogP contribution in [0.5, 0.6) is 0 Å². The molecular formula is C9H21Y-. The van der Waals surface area contributed by atoms with Crippen LogP contribution >= 0.6 is 0 Å². The van der Waals surface area contributed by atoms with Crippen molar-refractivity contribution in [2.24, 2.45) is 0 Å². The maximum absolute atomic E-state index is 2.36. The molecule has 0 aromatic rings. The van der Waals surface area contributed by atoms with E-state index in [0.717, 1.165) is 0 Å². The van der Waals surface area contributed by atoms with E-state index < -0.39 is 0 Å². The Bertz CT molecular complexity index is 16.3. The molecule has 1 aliphatic rings. The standard InChI is InChI=1S/C5H9.2C2H6.Y/c1-2-4-5-3-1;2*1-2;/h1H,2-5H2;2*1-2H3;/q-1;;;. The zero-order valence-electron chi connectivity index (χ0n) is 7.98. The first kappa shape index (κ1) is 17.3. The van der Waals surface area contributed by atoms with E-state index in [-0.39, 0.29) is 32.7 Å². The zero-order valence-corrected chi connectivity index (χ0v) is 10.8. The molecule has 0 amide bonds. The van der Waals surface area contributed by atoms with Crippen molar-refractivity contribution in [2.75, 3.05) is 0 Å². The van der Waals surface area contributed by atoms with Crippen LogP contribution in [0.3, 0.4) is 0 Å². The predicted molar refractivity (Wildman–Crippen MR) is 45.5 cm³/mol. The molecule has 1 saturated carbocycles. The van der Waals surface area contributed by atoms with Crippen molar-refractivity contribution in [1.82, 2.24) is 0 Å². The number of hydrogen-bond donors (Lipinski definition) is 0. The van der Waals surface area contributed by atoms with E-state index in [4.69, 9.17) is 0 Å². The van der Waals surface area contributed by atoms with Gasteiger partial charge in [-0.05, 0) is 0 Å². The summed E-state index contributed by atoms with van der Waals surface area (Å²) in [7, 11) is 0. The average molecular weight is 218 g/mol. The van der Waals surface area contributed by atoms with E-state index in [1.54, 1.807) is 0 Å². The number of hydrogen-bond acceptors (Lipinski definition) is 0. The van der Waals surface area contributed by atoms with Crippen LogP contribution in [-0.4, -0.2) is 0 Å². The van der Waals surface area contributed by atoms with E-state index in [2.05, 4.69) is 6.42 Å². The summed E-state index contributed by atoms with van der Waals surface area (Å²) in [5.74, 6) is 0. The molecule has 61 valence electrons. The Kier molecular flexibility index (Phi) is 38.8. The van der Waals surface area contributed by atoms with Crippen molar-refractivity contribution in [3.8, 4) is 0 Å². The SMILES string of the molecule is CC.CC.[CH-]1CCCC1.[Y]. The Morgan fingerprint density at radius 3 is 1.20 bits per heavy atom. The fourth-order valence-electron chi connectivity index (χ4n) is 0.722. The fourth-order valence-corrected chi connectivity index (χ4v) is 0.722. The van der Waals surface area contributed by atoms with Gasteiger partial charge in [-0.15, -0.1) is 0 Å². The molecule has 0 spiro atoms. The van der Waals surface area contributed by atoms with E-state index in [1.807, 2.05) is 27.7 Å². The first-order valence-electron chi connectivity index (χ1n) is 4.32. The molecule has 0 atom stereocenters. The normalized spacial score (nSPS) is 13.2. The third-order valence-electron chi connectivity index (χ3n) is 1.07. The summed E-state index contributed by atoms with van der Waals surface area (Å²) >= 11 is 0. The van der Waals surface area contributed by atoms with Crippen LogP contribution in [0.1, 0.15) is 53.4 Å². The van der Waals surface area contributed by atoms with Gasteiger partial charge in [0.15, 0.2) is 0 Å². The molecular weight excluding hydrogens is 197 g/mol. The van der Waals surface area contributed by atoms with E-state index >= 15 is 0 Å². The van der Waals surface area contributed by atoms with Crippen LogP contribution in [0.15, 0.2) is 0 Å². The molecule has 1 fully saturated rings. The van der Waals surface area contributed by atoms with Crippen molar-refractivity contribution < 1.29 is 32.7 Å². The van der Waals surface area contributed by atoms with Crippen LogP contribution in [0.25, 0.3) is 0 Å². The molecule has 0 aromatic carbocycles. The predicted octanol–water partition coefficient (Wildman–Crippen LogP) is 3.81. The third-order valence-corrected chi connectivity index (χ3v) is 1.07. The summed E-state index contributed by atoms with van der Waals surface area (Å²) in [4.78, 5) is 0. The quantitative estimate of drug-likeness (QED) is 0.542. The van der Waals surface area contributed by atoms with Crippen LogP contribution in [0.2, 0.25) is 0 Å². The van der Waals surface area contributed by atoms with Gasteiger partial charge in [0.25, 0.3) is 0 Å². The maximum Gasteiger partial charge on any atom is 0 e. The van der Waals surface area contributed by atoms with Crippen LogP contribution in [0, 0.1) is 6.42 Å². The second-order valence-electron chi connectivity index (χ2n) is 1.57. The van der Waals surface area contributed by atoms with Crippen molar-refractivity contribution >= 4 is 0 Å². The van der Waals surface area contributed by atoms with Gasteiger partial charge in [-0.3, -0.25) is 0 Å². The van der Waals surface area contributed by atoms with Crippen molar-refractivity contribution in [3.63, 3.8) is 0 Å². The summed E-state index contributed by atoms with van der Waals surface area (Å²) in [5.41, 5.74) is 0. The first-order chi connectivity index (χ1) is 4.50. The average Bonchev–Trinajstić information content (AvgIpc) is 2.51. The van der Waals surface area contributed by atoms with Gasteiger partial charge in [-0.2, -0.15) is 12.8 Å². The first-order valence-corrected chi connectivity index (χ1v) is 4.32. The Morgan fingerprint density at radius 2 is 1.10 bits per heavy atom. The fraction of sp³-hybridized carbons (Fsp3) is 0.889. The third kappa shape index (κ3) is 16.0. The molecule has 0 N–H and O–H groups in total. The molecule has 0 aliphatic heterocycles. The summed E-state index contributed by atoms with van der Waals surface area (Å²) in [5, 5.41) is 0. The summed E-state index contributed by atoms with van der Waals surface area (Å²) in [6.45, 7) is 8.00. The smallest absolute Gasteiger partial charge is 0 e. The van der Waals surface area contributed by atoms with Gasteiger partial charge in [0.05, 0.1) is 0 Å². The summed E-state index contributed by atoms with van der Waals surface area (Å²) in [6.07, 6.45) is 8.00. The Hall–Kier alpha value is 1.10.